The van der Waals surface area contributed by atoms with Crippen LogP contribution in [0.4, 0.5) is 43.4 Å². The minimum atomic E-state index is -4.78. The maximum atomic E-state index is 13.4. The standard InChI is InChI=1S/C28H27ClF6N4O3/c29-16-3-1-4-17(13-16)39-14-21(26(42)38-23-18(15-7-8-15)5-2-6-22(23)39)37-25(41)20(10-12-28(33,34)35)19(24(36)40)9-11-27(30,31)32/h1-6,13,15,19-20H,7-12,14H2,(H2,36,40)(H,38,42)/t19-,20+/m0/s1. The van der Waals surface area contributed by atoms with Gasteiger partial charge in [0, 0.05) is 29.5 Å². The van der Waals surface area contributed by atoms with Crippen molar-refractivity contribution < 1.29 is 40.7 Å². The monoisotopic (exact) mass is 616 g/mol. The number of nitrogens with one attached hydrogen (secondary N) is 1. The van der Waals surface area contributed by atoms with Gasteiger partial charge < -0.3 is 16.0 Å². The van der Waals surface area contributed by atoms with Crippen LogP contribution >= 0.6 is 11.6 Å². The van der Waals surface area contributed by atoms with E-state index in [0.717, 1.165) is 18.4 Å². The second kappa shape index (κ2) is 12.3. The van der Waals surface area contributed by atoms with E-state index in [0.29, 0.717) is 22.1 Å². The minimum Gasteiger partial charge on any atom is -0.369 e. The molecule has 4 rings (SSSR count). The van der Waals surface area contributed by atoms with Crippen molar-refractivity contribution in [3.63, 3.8) is 0 Å². The number of rotatable bonds is 9. The molecule has 0 spiro atoms. The number of amides is 3. The Morgan fingerprint density at radius 2 is 1.62 bits per heavy atom. The second-order valence-corrected chi connectivity index (χ2v) is 10.8. The van der Waals surface area contributed by atoms with Crippen molar-refractivity contribution >= 4 is 52.1 Å². The Morgan fingerprint density at radius 3 is 2.19 bits per heavy atom. The zero-order valence-electron chi connectivity index (χ0n) is 22.1. The highest BCUT2D eigenvalue weighted by Crippen LogP contribution is 2.48. The Hall–Kier alpha value is -3.61. The average Bonchev–Trinajstić information content (AvgIpc) is 3.73. The van der Waals surface area contributed by atoms with E-state index >= 15 is 0 Å². The van der Waals surface area contributed by atoms with Crippen LogP contribution in [0.25, 0.3) is 0 Å². The van der Waals surface area contributed by atoms with Gasteiger partial charge in [0.05, 0.1) is 23.8 Å². The molecule has 7 nitrogen and oxygen atoms in total. The fraction of sp³-hybridized carbons (Fsp3) is 0.429. The summed E-state index contributed by atoms with van der Waals surface area (Å²) in [7, 11) is 0. The summed E-state index contributed by atoms with van der Waals surface area (Å²) in [5, 5.41) is 3.12. The maximum Gasteiger partial charge on any atom is 0.389 e. The third-order valence-corrected chi connectivity index (χ3v) is 7.44. The molecular weight excluding hydrogens is 590 g/mol. The molecule has 2 atom stereocenters. The van der Waals surface area contributed by atoms with Crippen molar-refractivity contribution in [3.8, 4) is 0 Å². The highest BCUT2D eigenvalue weighted by atomic mass is 35.5. The van der Waals surface area contributed by atoms with Crippen molar-refractivity contribution in [1.29, 1.82) is 0 Å². The number of aliphatic imine (C=N–C) groups is 1. The van der Waals surface area contributed by atoms with Crippen LogP contribution in [-0.4, -0.2) is 42.3 Å². The molecule has 0 unspecified atom stereocenters. The maximum absolute atomic E-state index is 13.4. The number of hydrogen-bond acceptors (Lipinski definition) is 4. The van der Waals surface area contributed by atoms with Gasteiger partial charge in [0.1, 0.15) is 5.71 Å². The predicted octanol–water partition coefficient (Wildman–Crippen LogP) is 6.68. The van der Waals surface area contributed by atoms with Gasteiger partial charge in [0.25, 0.3) is 5.91 Å². The number of carbonyl (C=O) groups excluding carboxylic acids is 3. The van der Waals surface area contributed by atoms with Crippen LogP contribution < -0.4 is 16.0 Å². The largest absolute Gasteiger partial charge is 0.389 e. The van der Waals surface area contributed by atoms with Gasteiger partial charge in [-0.1, -0.05) is 29.8 Å². The third kappa shape index (κ3) is 8.02. The lowest BCUT2D eigenvalue weighted by molar-refractivity contribution is -0.151. The van der Waals surface area contributed by atoms with Crippen LogP contribution in [0, 0.1) is 11.8 Å². The molecule has 0 aromatic heterocycles. The van der Waals surface area contributed by atoms with Gasteiger partial charge in [-0.3, -0.25) is 14.4 Å². The summed E-state index contributed by atoms with van der Waals surface area (Å²) in [6, 6.07) is 12.0. The minimum absolute atomic E-state index is 0.193. The van der Waals surface area contributed by atoms with E-state index in [1.165, 1.54) is 0 Å². The summed E-state index contributed by atoms with van der Waals surface area (Å²) in [4.78, 5) is 44.3. The number of benzene rings is 2. The van der Waals surface area contributed by atoms with Gasteiger partial charge in [-0.25, -0.2) is 4.99 Å². The van der Waals surface area contributed by atoms with Crippen LogP contribution in [-0.2, 0) is 14.4 Å². The first kappa shape index (κ1) is 31.3. The molecule has 1 saturated carbocycles. The van der Waals surface area contributed by atoms with Crippen molar-refractivity contribution in [2.75, 3.05) is 16.8 Å². The molecule has 3 N–H and O–H groups in total. The lowest BCUT2D eigenvalue weighted by atomic mass is 9.83. The molecule has 42 heavy (non-hydrogen) atoms. The Kier molecular flexibility index (Phi) is 9.19. The van der Waals surface area contributed by atoms with Crippen LogP contribution in [0.2, 0.25) is 5.02 Å². The molecule has 1 aliphatic carbocycles. The van der Waals surface area contributed by atoms with Gasteiger partial charge in [-0.15, -0.1) is 0 Å². The Morgan fingerprint density at radius 1 is 1.00 bits per heavy atom. The van der Waals surface area contributed by atoms with E-state index in [1.54, 1.807) is 41.3 Å². The molecule has 0 radical (unpaired) electrons. The lowest BCUT2D eigenvalue weighted by Gasteiger charge is -2.26. The summed E-state index contributed by atoms with van der Waals surface area (Å²) in [5.41, 5.74) is 7.25. The van der Waals surface area contributed by atoms with Gasteiger partial charge in [-0.2, -0.15) is 26.3 Å². The van der Waals surface area contributed by atoms with Crippen LogP contribution in [0.1, 0.15) is 50.0 Å². The van der Waals surface area contributed by atoms with Crippen LogP contribution in [0.5, 0.6) is 0 Å². The van der Waals surface area contributed by atoms with Crippen molar-refractivity contribution in [2.24, 2.45) is 22.6 Å². The van der Waals surface area contributed by atoms with Crippen molar-refractivity contribution in [2.45, 2.75) is 56.8 Å². The number of carbonyl (C=O) groups is 3. The molecule has 1 fully saturated rings. The normalized spacial score (nSPS) is 18.2. The number of nitrogens with two attached hydrogens (primary N) is 1. The van der Waals surface area contributed by atoms with E-state index in [1.807, 2.05) is 6.07 Å². The smallest absolute Gasteiger partial charge is 0.369 e. The van der Waals surface area contributed by atoms with Gasteiger partial charge >= 0.3 is 12.4 Å². The Balaban J connectivity index is 1.74. The van der Waals surface area contributed by atoms with E-state index < -0.39 is 73.3 Å². The first-order valence-electron chi connectivity index (χ1n) is 13.1. The molecule has 0 saturated heterocycles. The van der Waals surface area contributed by atoms with Crippen LogP contribution in [0.15, 0.2) is 47.5 Å². The molecule has 2 aromatic rings. The Labute approximate surface area is 242 Å². The molecule has 2 aliphatic rings. The van der Waals surface area contributed by atoms with Crippen molar-refractivity contribution in [3.05, 3.63) is 53.1 Å². The highest BCUT2D eigenvalue weighted by Gasteiger charge is 2.40. The molecule has 226 valence electrons. The van der Waals surface area contributed by atoms with Gasteiger partial charge in [0.2, 0.25) is 11.8 Å². The number of anilines is 3. The molecule has 0 bridgehead atoms. The number of primary amides is 1. The second-order valence-electron chi connectivity index (χ2n) is 10.4. The summed E-state index contributed by atoms with van der Waals surface area (Å²) in [6.07, 6.45) is -12.9. The SMILES string of the molecule is NC(=O)[C@@H](CCC(F)(F)F)[C@@H](CCC(F)(F)F)C(=O)N=C1CN(c2cccc(Cl)c2)c2cccc(C3CC3)c2NC1=O. The molecule has 2 aromatic carbocycles. The summed E-state index contributed by atoms with van der Waals surface area (Å²) in [6.45, 7) is -0.325. The van der Waals surface area contributed by atoms with E-state index in [2.05, 4.69) is 10.3 Å². The number of fused-ring (bicyclic) bond motifs is 1. The number of nitrogens with zero attached hydrogens (tertiary/aromatic N) is 2. The summed E-state index contributed by atoms with van der Waals surface area (Å²) < 4.78 is 78.1. The molecule has 3 amide bonds. The molecule has 1 heterocycles. The predicted molar refractivity (Wildman–Crippen MR) is 145 cm³/mol. The summed E-state index contributed by atoms with van der Waals surface area (Å²) in [5.74, 6) is -7.15. The molecule has 14 heteroatoms. The topological polar surface area (TPSA) is 105 Å². The quantitative estimate of drug-likeness (QED) is 0.307. The molecular formula is C28H27ClF6N4O3. The van der Waals surface area contributed by atoms with Gasteiger partial charge in [-0.05, 0) is 61.4 Å². The van der Waals surface area contributed by atoms with E-state index in [-0.39, 0.29) is 12.5 Å². The third-order valence-electron chi connectivity index (χ3n) is 7.20. The first-order chi connectivity index (χ1) is 19.6. The zero-order chi connectivity index (χ0) is 30.8. The highest BCUT2D eigenvalue weighted by molar-refractivity contribution is 6.46. The lowest BCUT2D eigenvalue weighted by Crippen LogP contribution is -2.37. The summed E-state index contributed by atoms with van der Waals surface area (Å²) >= 11 is 6.20. The fourth-order valence-electron chi connectivity index (χ4n) is 5.00. The number of hydrogen-bond donors (Lipinski definition) is 2. The fourth-order valence-corrected chi connectivity index (χ4v) is 5.18. The van der Waals surface area contributed by atoms with Crippen molar-refractivity contribution in [1.82, 2.24) is 0 Å². The Bertz CT molecular complexity index is 1390. The number of halogens is 7. The van der Waals surface area contributed by atoms with Crippen LogP contribution in [0.3, 0.4) is 0 Å². The van der Waals surface area contributed by atoms with Gasteiger partial charge in [0.15, 0.2) is 0 Å². The molecule has 1 aliphatic heterocycles. The van der Waals surface area contributed by atoms with E-state index in [4.69, 9.17) is 17.3 Å². The first-order valence-corrected chi connectivity index (χ1v) is 13.5. The number of alkyl halides is 6. The number of para-hydroxylation sites is 1. The average molecular weight is 617 g/mol. The zero-order valence-corrected chi connectivity index (χ0v) is 22.8. The van der Waals surface area contributed by atoms with E-state index in [9.17, 15) is 40.7 Å².